The predicted octanol–water partition coefficient (Wildman–Crippen LogP) is 7.18. The van der Waals surface area contributed by atoms with Crippen molar-refractivity contribution in [1.82, 2.24) is 4.98 Å². The third-order valence-electron chi connectivity index (χ3n) is 4.85. The van der Waals surface area contributed by atoms with E-state index in [1.54, 1.807) is 30.5 Å². The molecule has 0 aliphatic heterocycles. The molecule has 0 fully saturated rings. The van der Waals surface area contributed by atoms with Gasteiger partial charge in [0, 0.05) is 27.4 Å². The van der Waals surface area contributed by atoms with Crippen LogP contribution in [0.1, 0.15) is 22.3 Å². The fraction of sp³-hybridized carbons (Fsp3) is 0.130. The molecule has 0 radical (unpaired) electrons. The maximum Gasteiger partial charge on any atom is 0.227 e. The van der Waals surface area contributed by atoms with E-state index in [1.807, 2.05) is 39.0 Å². The lowest BCUT2D eigenvalue weighted by molar-refractivity contribution is 0.473. The van der Waals surface area contributed by atoms with Gasteiger partial charge in [-0.15, -0.1) is 0 Å². The van der Waals surface area contributed by atoms with Gasteiger partial charge in [0.15, 0.2) is 5.58 Å². The minimum atomic E-state index is 0.151. The molecule has 0 amide bonds. The Bertz CT molecular complexity index is 1280. The summed E-state index contributed by atoms with van der Waals surface area (Å²) >= 11 is 12.4. The Morgan fingerprint density at radius 3 is 2.59 bits per heavy atom. The van der Waals surface area contributed by atoms with Crippen molar-refractivity contribution in [3.8, 4) is 17.2 Å². The molecule has 0 bridgehead atoms. The van der Waals surface area contributed by atoms with Crippen LogP contribution < -0.4 is 0 Å². The van der Waals surface area contributed by atoms with Gasteiger partial charge in [-0.2, -0.15) is 0 Å². The minimum Gasteiger partial charge on any atom is -0.507 e. The predicted molar refractivity (Wildman–Crippen MR) is 119 cm³/mol. The molecule has 4 nitrogen and oxygen atoms in total. The summed E-state index contributed by atoms with van der Waals surface area (Å²) in [7, 11) is 0. The molecule has 0 spiro atoms. The molecule has 1 aromatic heterocycles. The first kappa shape index (κ1) is 19.5. The van der Waals surface area contributed by atoms with E-state index in [-0.39, 0.29) is 5.75 Å². The second-order valence-corrected chi connectivity index (χ2v) is 7.77. The van der Waals surface area contributed by atoms with Crippen LogP contribution in [0, 0.1) is 20.8 Å². The summed E-state index contributed by atoms with van der Waals surface area (Å²) in [6, 6.07) is 12.8. The highest BCUT2D eigenvalue weighted by Gasteiger charge is 2.12. The lowest BCUT2D eigenvalue weighted by atomic mass is 10.0. The SMILES string of the molecule is Cc1ccc(-c2nc3cc(Cl)ccc3o2)cc1N=Cc1c(O)cc(C)c(Cl)c1C. The third-order valence-corrected chi connectivity index (χ3v) is 5.66. The van der Waals surface area contributed by atoms with Crippen LogP contribution in [-0.2, 0) is 0 Å². The monoisotopic (exact) mass is 424 g/mol. The fourth-order valence-corrected chi connectivity index (χ4v) is 3.48. The first-order chi connectivity index (χ1) is 13.8. The van der Waals surface area contributed by atoms with Crippen molar-refractivity contribution in [1.29, 1.82) is 0 Å². The Hall–Kier alpha value is -2.82. The molecular formula is C23H18Cl2N2O2. The van der Waals surface area contributed by atoms with Gasteiger partial charge in [-0.3, -0.25) is 4.99 Å². The first-order valence-electron chi connectivity index (χ1n) is 9.03. The maximum absolute atomic E-state index is 10.3. The second kappa shape index (κ2) is 7.54. The number of aliphatic imine (C=N–C) groups is 1. The maximum atomic E-state index is 10.3. The highest BCUT2D eigenvalue weighted by atomic mass is 35.5. The lowest BCUT2D eigenvalue weighted by Crippen LogP contribution is -1.92. The molecule has 3 aromatic carbocycles. The smallest absolute Gasteiger partial charge is 0.227 e. The van der Waals surface area contributed by atoms with Crippen LogP contribution in [0.15, 0.2) is 51.9 Å². The standard InChI is InChI=1S/C23H18Cl2N2O2/c1-12-4-5-15(23-27-19-10-16(24)6-7-21(19)29-23)9-18(12)26-11-17-14(3)22(25)13(2)8-20(17)28/h4-11,28H,1-3H3. The summed E-state index contributed by atoms with van der Waals surface area (Å²) in [5.41, 5.74) is 6.13. The first-order valence-corrected chi connectivity index (χ1v) is 9.79. The lowest BCUT2D eigenvalue weighted by Gasteiger charge is -2.09. The zero-order valence-corrected chi connectivity index (χ0v) is 17.6. The normalized spacial score (nSPS) is 11.6. The van der Waals surface area contributed by atoms with Crippen LogP contribution in [0.4, 0.5) is 5.69 Å². The Kier molecular flexibility index (Phi) is 5.07. The van der Waals surface area contributed by atoms with Gasteiger partial charge in [-0.25, -0.2) is 4.98 Å². The van der Waals surface area contributed by atoms with E-state index >= 15 is 0 Å². The number of aromatic nitrogens is 1. The summed E-state index contributed by atoms with van der Waals surface area (Å²) in [5.74, 6) is 0.647. The van der Waals surface area contributed by atoms with Crippen LogP contribution in [-0.4, -0.2) is 16.3 Å². The number of hydrogen-bond donors (Lipinski definition) is 1. The molecule has 6 heteroatoms. The van der Waals surface area contributed by atoms with Crippen molar-refractivity contribution in [2.24, 2.45) is 4.99 Å². The van der Waals surface area contributed by atoms with E-state index in [2.05, 4.69) is 9.98 Å². The van der Waals surface area contributed by atoms with Gasteiger partial charge in [0.2, 0.25) is 5.89 Å². The van der Waals surface area contributed by atoms with Crippen molar-refractivity contribution >= 4 is 46.2 Å². The summed E-state index contributed by atoms with van der Waals surface area (Å²) in [5, 5.41) is 11.5. The van der Waals surface area contributed by atoms with Gasteiger partial charge < -0.3 is 9.52 Å². The molecule has 0 saturated carbocycles. The molecule has 0 atom stereocenters. The number of oxazole rings is 1. The van der Waals surface area contributed by atoms with Crippen molar-refractivity contribution in [3.63, 3.8) is 0 Å². The van der Waals surface area contributed by atoms with Gasteiger partial charge in [-0.05, 0) is 73.9 Å². The zero-order valence-electron chi connectivity index (χ0n) is 16.1. The number of benzene rings is 3. The minimum absolute atomic E-state index is 0.151. The van der Waals surface area contributed by atoms with Crippen LogP contribution in [0.2, 0.25) is 10.0 Å². The van der Waals surface area contributed by atoms with Crippen LogP contribution in [0.25, 0.3) is 22.6 Å². The zero-order chi connectivity index (χ0) is 20.7. The number of halogens is 2. The van der Waals surface area contributed by atoms with E-state index in [4.69, 9.17) is 27.6 Å². The van der Waals surface area contributed by atoms with Crippen LogP contribution >= 0.6 is 23.2 Å². The second-order valence-electron chi connectivity index (χ2n) is 6.96. The summed E-state index contributed by atoms with van der Waals surface area (Å²) in [6.45, 7) is 5.69. The van der Waals surface area contributed by atoms with E-state index in [1.165, 1.54) is 0 Å². The Balaban J connectivity index is 1.74. The molecule has 146 valence electrons. The van der Waals surface area contributed by atoms with Gasteiger partial charge in [0.25, 0.3) is 0 Å². The van der Waals surface area contributed by atoms with E-state index < -0.39 is 0 Å². The molecule has 0 unspecified atom stereocenters. The number of phenols is 1. The number of nitrogens with zero attached hydrogens (tertiary/aromatic N) is 2. The molecule has 1 N–H and O–H groups in total. The third kappa shape index (κ3) is 3.74. The largest absolute Gasteiger partial charge is 0.507 e. The Labute approximate surface area is 178 Å². The summed E-state index contributed by atoms with van der Waals surface area (Å²) in [6.07, 6.45) is 1.63. The van der Waals surface area contributed by atoms with E-state index in [9.17, 15) is 5.11 Å². The number of fused-ring (bicyclic) bond motifs is 1. The highest BCUT2D eigenvalue weighted by Crippen LogP contribution is 2.32. The average Bonchev–Trinajstić information content (AvgIpc) is 3.10. The average molecular weight is 425 g/mol. The summed E-state index contributed by atoms with van der Waals surface area (Å²) in [4.78, 5) is 9.11. The fourth-order valence-electron chi connectivity index (χ4n) is 3.15. The molecule has 0 aliphatic carbocycles. The van der Waals surface area contributed by atoms with Gasteiger partial charge in [-0.1, -0.05) is 29.3 Å². The van der Waals surface area contributed by atoms with Crippen LogP contribution in [0.3, 0.4) is 0 Å². The number of phenolic OH excluding ortho intramolecular Hbond substituents is 1. The van der Waals surface area contributed by atoms with E-state index in [0.29, 0.717) is 32.6 Å². The molecule has 4 aromatic rings. The van der Waals surface area contributed by atoms with Crippen molar-refractivity contribution in [2.45, 2.75) is 20.8 Å². The van der Waals surface area contributed by atoms with Crippen molar-refractivity contribution < 1.29 is 9.52 Å². The van der Waals surface area contributed by atoms with Gasteiger partial charge >= 0.3 is 0 Å². The molecule has 29 heavy (non-hydrogen) atoms. The van der Waals surface area contributed by atoms with E-state index in [0.717, 1.165) is 27.9 Å². The van der Waals surface area contributed by atoms with Crippen LogP contribution in [0.5, 0.6) is 5.75 Å². The van der Waals surface area contributed by atoms with Gasteiger partial charge in [0.1, 0.15) is 11.3 Å². The number of hydrogen-bond acceptors (Lipinski definition) is 4. The van der Waals surface area contributed by atoms with Gasteiger partial charge in [0.05, 0.1) is 5.69 Å². The molecule has 4 rings (SSSR count). The number of rotatable bonds is 3. The molecule has 0 aliphatic rings. The quantitative estimate of drug-likeness (QED) is 0.354. The Morgan fingerprint density at radius 1 is 1.00 bits per heavy atom. The highest BCUT2D eigenvalue weighted by molar-refractivity contribution is 6.32. The molecule has 1 heterocycles. The number of aryl methyl sites for hydroxylation is 2. The van der Waals surface area contributed by atoms with Crippen molar-refractivity contribution in [2.75, 3.05) is 0 Å². The Morgan fingerprint density at radius 2 is 1.79 bits per heavy atom. The topological polar surface area (TPSA) is 58.6 Å². The van der Waals surface area contributed by atoms with Crippen molar-refractivity contribution in [3.05, 3.63) is 74.8 Å². The number of aromatic hydroxyl groups is 1. The molecular weight excluding hydrogens is 407 g/mol. The molecule has 0 saturated heterocycles. The summed E-state index contributed by atoms with van der Waals surface area (Å²) < 4.78 is 5.85.